The van der Waals surface area contributed by atoms with Gasteiger partial charge in [0.2, 0.25) is 0 Å². The van der Waals surface area contributed by atoms with Crippen molar-refractivity contribution < 1.29 is 9.13 Å². The molecule has 0 N–H and O–H groups in total. The summed E-state index contributed by atoms with van der Waals surface area (Å²) in [6.07, 6.45) is 0. The van der Waals surface area contributed by atoms with E-state index in [2.05, 4.69) is 4.98 Å². The van der Waals surface area contributed by atoms with Crippen LogP contribution in [0.1, 0.15) is 5.56 Å². The predicted molar refractivity (Wildman–Crippen MR) is 58.1 cm³/mol. The Balaban J connectivity index is 2.66. The predicted octanol–water partition coefficient (Wildman–Crippen LogP) is 3.37. The van der Waals surface area contributed by atoms with E-state index < -0.39 is 6.67 Å². The Morgan fingerprint density at radius 3 is 2.87 bits per heavy atom. The molecular formula is C11H9ClFNO. The average Bonchev–Trinajstić information content (AvgIpc) is 2.27. The summed E-state index contributed by atoms with van der Waals surface area (Å²) < 4.78 is 17.6. The minimum atomic E-state index is -0.612. The summed E-state index contributed by atoms with van der Waals surface area (Å²) in [6, 6.07) is 7.08. The number of pyridine rings is 1. The maximum absolute atomic E-state index is 12.5. The normalized spacial score (nSPS) is 10.6. The van der Waals surface area contributed by atoms with Gasteiger partial charge in [-0.1, -0.05) is 11.6 Å². The first-order chi connectivity index (χ1) is 7.24. The van der Waals surface area contributed by atoms with Crippen LogP contribution in [0.5, 0.6) is 5.75 Å². The molecule has 0 bridgehead atoms. The highest BCUT2D eigenvalue weighted by Crippen LogP contribution is 2.24. The topological polar surface area (TPSA) is 22.1 Å². The summed E-state index contributed by atoms with van der Waals surface area (Å²) in [5.41, 5.74) is 1.13. The van der Waals surface area contributed by atoms with Gasteiger partial charge in [-0.05, 0) is 24.3 Å². The van der Waals surface area contributed by atoms with Gasteiger partial charge >= 0.3 is 0 Å². The third-order valence-corrected chi connectivity index (χ3v) is 2.52. The summed E-state index contributed by atoms with van der Waals surface area (Å²) in [6.45, 7) is -0.612. The van der Waals surface area contributed by atoms with Crippen LogP contribution in [0.15, 0.2) is 24.3 Å². The van der Waals surface area contributed by atoms with E-state index in [-0.39, 0.29) is 5.15 Å². The van der Waals surface area contributed by atoms with Gasteiger partial charge in [-0.15, -0.1) is 0 Å². The SMILES string of the molecule is COc1ccc2nc(Cl)c(CF)cc2c1. The van der Waals surface area contributed by atoms with Crippen molar-refractivity contribution in [2.75, 3.05) is 7.11 Å². The van der Waals surface area contributed by atoms with E-state index in [1.807, 2.05) is 0 Å². The maximum Gasteiger partial charge on any atom is 0.135 e. The van der Waals surface area contributed by atoms with Crippen LogP contribution in [0.3, 0.4) is 0 Å². The third-order valence-electron chi connectivity index (χ3n) is 2.19. The first kappa shape index (κ1) is 10.2. The van der Waals surface area contributed by atoms with Crippen LogP contribution >= 0.6 is 11.6 Å². The molecule has 0 aliphatic carbocycles. The Labute approximate surface area is 91.6 Å². The lowest BCUT2D eigenvalue weighted by Crippen LogP contribution is -1.89. The molecule has 0 aliphatic rings. The van der Waals surface area contributed by atoms with Crippen LogP contribution in [-0.2, 0) is 6.67 Å². The van der Waals surface area contributed by atoms with Crippen molar-refractivity contribution in [3.63, 3.8) is 0 Å². The minimum absolute atomic E-state index is 0.218. The minimum Gasteiger partial charge on any atom is -0.497 e. The van der Waals surface area contributed by atoms with Crippen LogP contribution < -0.4 is 4.74 Å². The number of methoxy groups -OCH3 is 1. The summed E-state index contributed by atoms with van der Waals surface area (Å²) in [5, 5.41) is 1.04. The number of nitrogens with zero attached hydrogens (tertiary/aromatic N) is 1. The zero-order chi connectivity index (χ0) is 10.8. The van der Waals surface area contributed by atoms with Gasteiger partial charge in [-0.25, -0.2) is 9.37 Å². The first-order valence-electron chi connectivity index (χ1n) is 4.43. The summed E-state index contributed by atoms with van der Waals surface area (Å²) >= 11 is 5.79. The van der Waals surface area contributed by atoms with Gasteiger partial charge in [0.05, 0.1) is 12.6 Å². The monoisotopic (exact) mass is 225 g/mol. The Hall–Kier alpha value is -1.35. The summed E-state index contributed by atoms with van der Waals surface area (Å²) in [4.78, 5) is 4.09. The van der Waals surface area contributed by atoms with E-state index in [1.54, 1.807) is 31.4 Å². The molecule has 0 spiro atoms. The number of benzene rings is 1. The molecule has 1 heterocycles. The van der Waals surface area contributed by atoms with Crippen molar-refractivity contribution >= 4 is 22.5 Å². The van der Waals surface area contributed by atoms with Crippen LogP contribution in [-0.4, -0.2) is 12.1 Å². The highest BCUT2D eigenvalue weighted by Gasteiger charge is 2.05. The number of halogens is 2. The standard InChI is InChI=1S/C11H9ClFNO/c1-15-9-2-3-10-7(5-9)4-8(6-13)11(12)14-10/h2-5H,6H2,1H3. The molecule has 0 unspecified atom stereocenters. The number of hydrogen-bond donors (Lipinski definition) is 0. The number of hydrogen-bond acceptors (Lipinski definition) is 2. The van der Waals surface area contributed by atoms with Crippen molar-refractivity contribution in [3.8, 4) is 5.75 Å². The van der Waals surface area contributed by atoms with Crippen LogP contribution in [0.4, 0.5) is 4.39 Å². The van der Waals surface area contributed by atoms with Gasteiger partial charge in [0.1, 0.15) is 17.6 Å². The Morgan fingerprint density at radius 2 is 2.20 bits per heavy atom. The second-order valence-electron chi connectivity index (χ2n) is 3.13. The number of alkyl halides is 1. The van der Waals surface area contributed by atoms with Crippen molar-refractivity contribution in [2.24, 2.45) is 0 Å². The molecule has 0 radical (unpaired) electrons. The molecule has 2 nitrogen and oxygen atoms in total. The largest absolute Gasteiger partial charge is 0.497 e. The summed E-state index contributed by atoms with van der Waals surface area (Å²) in [5.74, 6) is 0.719. The molecule has 1 aromatic carbocycles. The quantitative estimate of drug-likeness (QED) is 0.731. The Bertz CT molecular complexity index is 501. The van der Waals surface area contributed by atoms with Crippen molar-refractivity contribution in [1.29, 1.82) is 0 Å². The molecule has 0 aliphatic heterocycles. The average molecular weight is 226 g/mol. The van der Waals surface area contributed by atoms with Gasteiger partial charge < -0.3 is 4.74 Å². The van der Waals surface area contributed by atoms with Crippen LogP contribution in [0.2, 0.25) is 5.15 Å². The van der Waals surface area contributed by atoms with Crippen molar-refractivity contribution in [1.82, 2.24) is 4.98 Å². The fourth-order valence-corrected chi connectivity index (χ4v) is 1.59. The number of rotatable bonds is 2. The molecule has 1 aromatic heterocycles. The molecule has 15 heavy (non-hydrogen) atoms. The lowest BCUT2D eigenvalue weighted by atomic mass is 10.1. The Kier molecular flexibility index (Phi) is 2.73. The zero-order valence-electron chi connectivity index (χ0n) is 8.13. The zero-order valence-corrected chi connectivity index (χ0v) is 8.88. The Morgan fingerprint density at radius 1 is 1.40 bits per heavy atom. The number of aromatic nitrogens is 1. The fourth-order valence-electron chi connectivity index (χ4n) is 1.40. The van der Waals surface area contributed by atoms with Gasteiger partial charge in [-0.3, -0.25) is 0 Å². The highest BCUT2D eigenvalue weighted by atomic mass is 35.5. The van der Waals surface area contributed by atoms with Crippen LogP contribution in [0, 0.1) is 0 Å². The lowest BCUT2D eigenvalue weighted by Gasteiger charge is -2.04. The van der Waals surface area contributed by atoms with Crippen molar-refractivity contribution in [2.45, 2.75) is 6.67 Å². The molecule has 0 fully saturated rings. The molecule has 0 saturated heterocycles. The lowest BCUT2D eigenvalue weighted by molar-refractivity contribution is 0.415. The molecule has 4 heteroatoms. The number of ether oxygens (including phenoxy) is 1. The van der Waals surface area contributed by atoms with E-state index in [9.17, 15) is 4.39 Å². The third kappa shape index (κ3) is 1.88. The van der Waals surface area contributed by atoms with E-state index in [0.717, 1.165) is 16.7 Å². The second kappa shape index (κ2) is 4.03. The van der Waals surface area contributed by atoms with E-state index in [0.29, 0.717) is 5.56 Å². The summed E-state index contributed by atoms with van der Waals surface area (Å²) in [7, 11) is 1.58. The molecule has 2 rings (SSSR count). The van der Waals surface area contributed by atoms with Gasteiger partial charge in [0, 0.05) is 10.9 Å². The number of fused-ring (bicyclic) bond motifs is 1. The first-order valence-corrected chi connectivity index (χ1v) is 4.81. The van der Waals surface area contributed by atoms with Crippen LogP contribution in [0.25, 0.3) is 10.9 Å². The second-order valence-corrected chi connectivity index (χ2v) is 3.49. The van der Waals surface area contributed by atoms with Crippen molar-refractivity contribution in [3.05, 3.63) is 35.0 Å². The molecule has 0 saturated carbocycles. The van der Waals surface area contributed by atoms with E-state index >= 15 is 0 Å². The van der Waals surface area contributed by atoms with E-state index in [1.165, 1.54) is 0 Å². The maximum atomic E-state index is 12.5. The molecule has 0 atom stereocenters. The molecule has 0 amide bonds. The molecule has 78 valence electrons. The van der Waals surface area contributed by atoms with Gasteiger partial charge in [0.15, 0.2) is 0 Å². The fraction of sp³-hybridized carbons (Fsp3) is 0.182. The van der Waals surface area contributed by atoms with Gasteiger partial charge in [-0.2, -0.15) is 0 Å². The van der Waals surface area contributed by atoms with Gasteiger partial charge in [0.25, 0.3) is 0 Å². The van der Waals surface area contributed by atoms with E-state index in [4.69, 9.17) is 16.3 Å². The highest BCUT2D eigenvalue weighted by molar-refractivity contribution is 6.30. The smallest absolute Gasteiger partial charge is 0.135 e. The molecular weight excluding hydrogens is 217 g/mol. The molecule has 2 aromatic rings.